The average molecular weight is 250 g/mol. The smallest absolute Gasteiger partial charge is 0.224 e. The minimum atomic E-state index is 0.0119. The molecule has 3 N–H and O–H groups in total. The first kappa shape index (κ1) is 14.7. The van der Waals surface area contributed by atoms with Crippen molar-refractivity contribution in [3.63, 3.8) is 0 Å². The number of amides is 1. The van der Waals surface area contributed by atoms with Crippen molar-refractivity contribution in [3.8, 4) is 0 Å². The number of methoxy groups -OCH3 is 1. The van der Waals surface area contributed by atoms with Crippen molar-refractivity contribution in [1.82, 2.24) is 0 Å². The van der Waals surface area contributed by atoms with Crippen molar-refractivity contribution < 1.29 is 9.53 Å². The number of rotatable bonds is 7. The van der Waals surface area contributed by atoms with Gasteiger partial charge in [-0.1, -0.05) is 25.1 Å². The fraction of sp³-hybridized carbons (Fsp3) is 0.500. The van der Waals surface area contributed by atoms with E-state index in [1.165, 1.54) is 0 Å². The summed E-state index contributed by atoms with van der Waals surface area (Å²) >= 11 is 0. The summed E-state index contributed by atoms with van der Waals surface area (Å²) < 4.78 is 5.06. The molecule has 0 aliphatic carbocycles. The number of nitrogens with one attached hydrogen (secondary N) is 1. The van der Waals surface area contributed by atoms with Crippen LogP contribution in [-0.4, -0.2) is 26.2 Å². The van der Waals surface area contributed by atoms with Gasteiger partial charge < -0.3 is 15.8 Å². The van der Waals surface area contributed by atoms with Gasteiger partial charge in [0, 0.05) is 19.2 Å². The van der Waals surface area contributed by atoms with Crippen LogP contribution < -0.4 is 11.1 Å². The molecule has 0 aliphatic heterocycles. The van der Waals surface area contributed by atoms with Crippen molar-refractivity contribution in [2.24, 2.45) is 11.7 Å². The van der Waals surface area contributed by atoms with Crippen LogP contribution in [0.1, 0.15) is 18.9 Å². The summed E-state index contributed by atoms with van der Waals surface area (Å²) in [5.74, 6) is 0.217. The van der Waals surface area contributed by atoms with Crippen molar-refractivity contribution in [2.75, 3.05) is 25.6 Å². The number of benzene rings is 1. The van der Waals surface area contributed by atoms with Gasteiger partial charge in [0.25, 0.3) is 0 Å². The molecular weight excluding hydrogens is 228 g/mol. The van der Waals surface area contributed by atoms with Gasteiger partial charge in [0.1, 0.15) is 0 Å². The normalized spacial score (nSPS) is 12.2. The maximum atomic E-state index is 11.8. The van der Waals surface area contributed by atoms with Crippen molar-refractivity contribution >= 4 is 11.6 Å². The molecule has 0 fully saturated rings. The molecule has 0 radical (unpaired) electrons. The number of para-hydroxylation sites is 1. The third-order valence-electron chi connectivity index (χ3n) is 2.80. The maximum absolute atomic E-state index is 11.8. The molecule has 1 aromatic rings. The predicted octanol–water partition coefficient (Wildman–Crippen LogP) is 1.80. The lowest BCUT2D eigenvalue weighted by Crippen LogP contribution is -2.20. The molecule has 0 saturated heterocycles. The topological polar surface area (TPSA) is 64.3 Å². The largest absolute Gasteiger partial charge is 0.384 e. The van der Waals surface area contributed by atoms with Gasteiger partial charge in [-0.3, -0.25) is 4.79 Å². The number of hydrogen-bond donors (Lipinski definition) is 2. The van der Waals surface area contributed by atoms with Gasteiger partial charge in [-0.05, 0) is 30.5 Å². The number of carbonyl (C=O) groups is 1. The Morgan fingerprint density at radius 3 is 2.83 bits per heavy atom. The van der Waals surface area contributed by atoms with Crippen LogP contribution in [0.2, 0.25) is 0 Å². The van der Waals surface area contributed by atoms with Crippen molar-refractivity contribution in [2.45, 2.75) is 19.8 Å². The van der Waals surface area contributed by atoms with E-state index in [1.54, 1.807) is 7.11 Å². The van der Waals surface area contributed by atoms with E-state index in [4.69, 9.17) is 10.5 Å². The highest BCUT2D eigenvalue weighted by Crippen LogP contribution is 2.16. The molecule has 1 atom stereocenters. The van der Waals surface area contributed by atoms with Gasteiger partial charge >= 0.3 is 0 Å². The van der Waals surface area contributed by atoms with E-state index in [0.29, 0.717) is 19.6 Å². The number of carbonyl (C=O) groups excluding carboxylic acids is 1. The van der Waals surface area contributed by atoms with E-state index >= 15 is 0 Å². The maximum Gasteiger partial charge on any atom is 0.224 e. The molecule has 0 saturated carbocycles. The first-order chi connectivity index (χ1) is 8.67. The van der Waals surface area contributed by atoms with Gasteiger partial charge in [0.15, 0.2) is 0 Å². The Morgan fingerprint density at radius 2 is 2.17 bits per heavy atom. The fourth-order valence-corrected chi connectivity index (χ4v) is 1.67. The minimum absolute atomic E-state index is 0.0119. The summed E-state index contributed by atoms with van der Waals surface area (Å²) in [6.07, 6.45) is 1.24. The third-order valence-corrected chi connectivity index (χ3v) is 2.80. The van der Waals surface area contributed by atoms with E-state index in [-0.39, 0.29) is 11.8 Å². The minimum Gasteiger partial charge on any atom is -0.384 e. The van der Waals surface area contributed by atoms with Crippen LogP contribution in [0.5, 0.6) is 0 Å². The Hall–Kier alpha value is -1.39. The van der Waals surface area contributed by atoms with Crippen LogP contribution in [0.15, 0.2) is 24.3 Å². The second-order valence-corrected chi connectivity index (χ2v) is 4.49. The Labute approximate surface area is 109 Å². The Morgan fingerprint density at radius 1 is 1.44 bits per heavy atom. The van der Waals surface area contributed by atoms with Gasteiger partial charge in [-0.2, -0.15) is 0 Å². The fourth-order valence-electron chi connectivity index (χ4n) is 1.67. The van der Waals surface area contributed by atoms with E-state index in [2.05, 4.69) is 5.32 Å². The van der Waals surface area contributed by atoms with Gasteiger partial charge in [0.05, 0.1) is 6.61 Å². The monoisotopic (exact) mass is 250 g/mol. The van der Waals surface area contributed by atoms with E-state index in [0.717, 1.165) is 17.7 Å². The van der Waals surface area contributed by atoms with Crippen molar-refractivity contribution in [3.05, 3.63) is 29.8 Å². The first-order valence-electron chi connectivity index (χ1n) is 6.24. The highest BCUT2D eigenvalue weighted by molar-refractivity contribution is 5.91. The lowest BCUT2D eigenvalue weighted by molar-refractivity contribution is -0.116. The highest BCUT2D eigenvalue weighted by Gasteiger charge is 2.09. The zero-order chi connectivity index (χ0) is 13.4. The van der Waals surface area contributed by atoms with Crippen LogP contribution in [0, 0.1) is 5.92 Å². The summed E-state index contributed by atoms with van der Waals surface area (Å²) in [6.45, 7) is 3.14. The van der Waals surface area contributed by atoms with Crippen LogP contribution in [0.4, 0.5) is 5.69 Å². The van der Waals surface area contributed by atoms with Gasteiger partial charge in [-0.15, -0.1) is 0 Å². The molecule has 1 rings (SSSR count). The zero-order valence-corrected chi connectivity index (χ0v) is 11.1. The van der Waals surface area contributed by atoms with Gasteiger partial charge in [-0.25, -0.2) is 0 Å². The molecule has 0 bridgehead atoms. The van der Waals surface area contributed by atoms with E-state index in [9.17, 15) is 4.79 Å². The van der Waals surface area contributed by atoms with Crippen LogP contribution in [-0.2, 0) is 16.0 Å². The van der Waals surface area contributed by atoms with Crippen molar-refractivity contribution in [1.29, 1.82) is 0 Å². The number of hydrogen-bond acceptors (Lipinski definition) is 3. The molecule has 0 aliphatic rings. The number of anilines is 1. The SMILES string of the molecule is COCCc1ccccc1NC(=O)CC(C)CN. The Kier molecular flexibility index (Phi) is 6.39. The summed E-state index contributed by atoms with van der Waals surface area (Å²) in [4.78, 5) is 11.8. The molecule has 18 heavy (non-hydrogen) atoms. The molecular formula is C14H22N2O2. The molecule has 1 unspecified atom stereocenters. The first-order valence-corrected chi connectivity index (χ1v) is 6.24. The average Bonchev–Trinajstić information content (AvgIpc) is 2.37. The van der Waals surface area contributed by atoms with E-state index < -0.39 is 0 Å². The van der Waals surface area contributed by atoms with Crippen LogP contribution in [0.3, 0.4) is 0 Å². The molecule has 0 aromatic heterocycles. The summed E-state index contributed by atoms with van der Waals surface area (Å²) in [5.41, 5.74) is 7.47. The molecule has 0 heterocycles. The lowest BCUT2D eigenvalue weighted by atomic mass is 10.1. The highest BCUT2D eigenvalue weighted by atomic mass is 16.5. The van der Waals surface area contributed by atoms with E-state index in [1.807, 2.05) is 31.2 Å². The molecule has 4 nitrogen and oxygen atoms in total. The number of ether oxygens (including phenoxy) is 1. The molecule has 1 aromatic carbocycles. The van der Waals surface area contributed by atoms with Crippen LogP contribution in [0.25, 0.3) is 0 Å². The quantitative estimate of drug-likeness (QED) is 0.775. The lowest BCUT2D eigenvalue weighted by Gasteiger charge is -2.12. The van der Waals surface area contributed by atoms with Crippen LogP contribution >= 0.6 is 0 Å². The Balaban J connectivity index is 2.62. The summed E-state index contributed by atoms with van der Waals surface area (Å²) in [6, 6.07) is 7.79. The Bertz CT molecular complexity index is 380. The second-order valence-electron chi connectivity index (χ2n) is 4.49. The summed E-state index contributed by atoms with van der Waals surface area (Å²) in [5, 5.41) is 2.93. The predicted molar refractivity (Wildman–Crippen MR) is 73.5 cm³/mol. The summed E-state index contributed by atoms with van der Waals surface area (Å²) in [7, 11) is 1.67. The third kappa shape index (κ3) is 4.85. The standard InChI is InChI=1S/C14H22N2O2/c1-11(10-15)9-14(17)16-13-6-4-3-5-12(13)7-8-18-2/h3-6,11H,7-10,15H2,1-2H3,(H,16,17). The molecule has 100 valence electrons. The molecule has 1 amide bonds. The zero-order valence-electron chi connectivity index (χ0n) is 11.1. The van der Waals surface area contributed by atoms with Gasteiger partial charge in [0.2, 0.25) is 5.91 Å². The molecule has 0 spiro atoms. The second kappa shape index (κ2) is 7.84. The molecule has 4 heteroatoms. The number of nitrogens with two attached hydrogens (primary N) is 1.